The Morgan fingerprint density at radius 3 is 2.62 bits per heavy atom. The molecule has 0 radical (unpaired) electrons. The molecule has 0 atom stereocenters. The molecule has 116 valence electrons. The largest absolute Gasteiger partial charge is 0.491 e. The quantitative estimate of drug-likeness (QED) is 0.783. The summed E-state index contributed by atoms with van der Waals surface area (Å²) < 4.78 is 5.65. The van der Waals surface area contributed by atoms with Crippen molar-refractivity contribution in [1.29, 1.82) is 0 Å². The lowest BCUT2D eigenvalue weighted by Gasteiger charge is -2.34. The molecule has 1 heterocycles. The molecule has 21 heavy (non-hydrogen) atoms. The first kappa shape index (κ1) is 16.1. The Bertz CT molecular complexity index is 471. The molecule has 0 aliphatic carbocycles. The van der Waals surface area contributed by atoms with Gasteiger partial charge >= 0.3 is 0 Å². The molecule has 0 aromatic heterocycles. The molecule has 0 saturated carbocycles. The van der Waals surface area contributed by atoms with Crippen molar-refractivity contribution >= 4 is 17.5 Å². The highest BCUT2D eigenvalue weighted by Crippen LogP contribution is 2.17. The number of carbonyl (C=O) groups excluding carboxylic acids is 1. The van der Waals surface area contributed by atoms with Crippen LogP contribution in [0.5, 0.6) is 5.75 Å². The predicted octanol–water partition coefficient (Wildman–Crippen LogP) is 2.47. The first-order chi connectivity index (χ1) is 10.1. The number of rotatable bonds is 5. The van der Waals surface area contributed by atoms with E-state index in [4.69, 9.17) is 16.3 Å². The van der Waals surface area contributed by atoms with Crippen molar-refractivity contribution in [2.45, 2.75) is 20.0 Å². The van der Waals surface area contributed by atoms with E-state index in [-0.39, 0.29) is 12.0 Å². The van der Waals surface area contributed by atoms with Gasteiger partial charge in [0.1, 0.15) is 5.75 Å². The Morgan fingerprint density at radius 2 is 2.00 bits per heavy atom. The second kappa shape index (κ2) is 7.66. The van der Waals surface area contributed by atoms with E-state index in [0.29, 0.717) is 11.4 Å². The number of carbonyl (C=O) groups is 1. The van der Waals surface area contributed by atoms with Crippen LogP contribution in [0.3, 0.4) is 0 Å². The maximum atomic E-state index is 12.5. The summed E-state index contributed by atoms with van der Waals surface area (Å²) in [6.45, 7) is 8.13. The molecule has 0 spiro atoms. The minimum Gasteiger partial charge on any atom is -0.491 e. The molecule has 1 saturated heterocycles. The lowest BCUT2D eigenvalue weighted by Crippen LogP contribution is -2.49. The second-order valence-corrected chi connectivity index (χ2v) is 5.90. The molecule has 2 rings (SSSR count). The molecule has 1 aliphatic heterocycles. The van der Waals surface area contributed by atoms with Crippen molar-refractivity contribution < 1.29 is 9.53 Å². The number of alkyl halides is 1. The Hall–Kier alpha value is -1.26. The summed E-state index contributed by atoms with van der Waals surface area (Å²) in [5, 5.41) is 0. The maximum absolute atomic E-state index is 12.5. The fourth-order valence-corrected chi connectivity index (χ4v) is 2.69. The standard InChI is InChI=1S/C16H23ClN2O2/c1-13(2)21-15-5-3-4-14(12-15)16(20)19-10-8-18(7-6-17)9-11-19/h3-5,12-13H,6-11H2,1-2H3. The molecular formula is C16H23ClN2O2. The highest BCUT2D eigenvalue weighted by atomic mass is 35.5. The van der Waals surface area contributed by atoms with Gasteiger partial charge in [0.2, 0.25) is 0 Å². The summed E-state index contributed by atoms with van der Waals surface area (Å²) in [7, 11) is 0. The number of piperazine rings is 1. The molecule has 1 fully saturated rings. The van der Waals surface area contributed by atoms with Crippen LogP contribution in [-0.4, -0.2) is 60.4 Å². The third kappa shape index (κ3) is 4.61. The van der Waals surface area contributed by atoms with Gasteiger partial charge < -0.3 is 9.64 Å². The highest BCUT2D eigenvalue weighted by molar-refractivity contribution is 6.18. The SMILES string of the molecule is CC(C)Oc1cccc(C(=O)N2CCN(CCCl)CC2)c1. The molecule has 0 unspecified atom stereocenters. The van der Waals surface area contributed by atoms with Gasteiger partial charge in [0.05, 0.1) is 6.10 Å². The van der Waals surface area contributed by atoms with Gasteiger partial charge in [0.15, 0.2) is 0 Å². The van der Waals surface area contributed by atoms with Crippen LogP contribution in [0.4, 0.5) is 0 Å². The van der Waals surface area contributed by atoms with E-state index in [1.807, 2.05) is 43.0 Å². The van der Waals surface area contributed by atoms with Gasteiger partial charge in [-0.05, 0) is 32.0 Å². The van der Waals surface area contributed by atoms with Gasteiger partial charge in [-0.2, -0.15) is 0 Å². The average Bonchev–Trinajstić information content (AvgIpc) is 2.47. The zero-order valence-corrected chi connectivity index (χ0v) is 13.5. The van der Waals surface area contributed by atoms with Gasteiger partial charge in [0.25, 0.3) is 5.91 Å². The van der Waals surface area contributed by atoms with E-state index in [1.54, 1.807) is 0 Å². The minimum absolute atomic E-state index is 0.0785. The van der Waals surface area contributed by atoms with Gasteiger partial charge in [-0.15, -0.1) is 11.6 Å². The van der Waals surface area contributed by atoms with E-state index in [0.717, 1.165) is 38.5 Å². The lowest BCUT2D eigenvalue weighted by molar-refractivity contribution is 0.0643. The van der Waals surface area contributed by atoms with Crippen molar-refractivity contribution in [2.75, 3.05) is 38.6 Å². The number of amides is 1. The average molecular weight is 311 g/mol. The number of hydrogen-bond donors (Lipinski definition) is 0. The molecule has 1 aliphatic rings. The number of hydrogen-bond acceptors (Lipinski definition) is 3. The normalized spacial score (nSPS) is 16.3. The van der Waals surface area contributed by atoms with E-state index in [1.165, 1.54) is 0 Å². The van der Waals surface area contributed by atoms with Crippen LogP contribution in [0.1, 0.15) is 24.2 Å². The molecule has 1 aromatic carbocycles. The third-order valence-corrected chi connectivity index (χ3v) is 3.68. The van der Waals surface area contributed by atoms with Gasteiger partial charge in [-0.3, -0.25) is 9.69 Å². The summed E-state index contributed by atoms with van der Waals surface area (Å²) in [6, 6.07) is 7.43. The Labute approximate surface area is 131 Å². The van der Waals surface area contributed by atoms with E-state index >= 15 is 0 Å². The van der Waals surface area contributed by atoms with E-state index < -0.39 is 0 Å². The van der Waals surface area contributed by atoms with Crippen molar-refractivity contribution in [2.24, 2.45) is 0 Å². The Kier molecular flexibility index (Phi) is 5.88. The lowest BCUT2D eigenvalue weighted by atomic mass is 10.1. The van der Waals surface area contributed by atoms with Crippen molar-refractivity contribution in [3.8, 4) is 5.75 Å². The first-order valence-electron chi connectivity index (χ1n) is 7.44. The number of halogens is 1. The van der Waals surface area contributed by atoms with Crippen LogP contribution in [0.15, 0.2) is 24.3 Å². The molecule has 1 amide bonds. The molecule has 1 aromatic rings. The third-order valence-electron chi connectivity index (χ3n) is 3.51. The second-order valence-electron chi connectivity index (χ2n) is 5.52. The van der Waals surface area contributed by atoms with Crippen LogP contribution in [0.2, 0.25) is 0 Å². The molecule has 0 bridgehead atoms. The highest BCUT2D eigenvalue weighted by Gasteiger charge is 2.22. The monoisotopic (exact) mass is 310 g/mol. The van der Waals surface area contributed by atoms with Gasteiger partial charge in [0, 0.05) is 44.2 Å². The number of ether oxygens (including phenoxy) is 1. The van der Waals surface area contributed by atoms with Crippen molar-refractivity contribution in [1.82, 2.24) is 9.80 Å². The topological polar surface area (TPSA) is 32.8 Å². The molecule has 0 N–H and O–H groups in total. The molecule has 5 heteroatoms. The fraction of sp³-hybridized carbons (Fsp3) is 0.562. The van der Waals surface area contributed by atoms with Crippen LogP contribution in [0, 0.1) is 0 Å². The molecular weight excluding hydrogens is 288 g/mol. The summed E-state index contributed by atoms with van der Waals surface area (Å²) in [4.78, 5) is 16.7. The minimum atomic E-state index is 0.0785. The Morgan fingerprint density at radius 1 is 1.29 bits per heavy atom. The fourth-order valence-electron chi connectivity index (χ4n) is 2.45. The van der Waals surface area contributed by atoms with Gasteiger partial charge in [-0.1, -0.05) is 6.07 Å². The van der Waals surface area contributed by atoms with E-state index in [2.05, 4.69) is 4.90 Å². The van der Waals surface area contributed by atoms with Crippen LogP contribution < -0.4 is 4.74 Å². The maximum Gasteiger partial charge on any atom is 0.254 e. The molecule has 4 nitrogen and oxygen atoms in total. The van der Waals surface area contributed by atoms with Crippen LogP contribution in [-0.2, 0) is 0 Å². The van der Waals surface area contributed by atoms with Gasteiger partial charge in [-0.25, -0.2) is 0 Å². The summed E-state index contributed by atoms with van der Waals surface area (Å²) in [5.41, 5.74) is 0.693. The number of nitrogens with zero attached hydrogens (tertiary/aromatic N) is 2. The smallest absolute Gasteiger partial charge is 0.254 e. The van der Waals surface area contributed by atoms with E-state index in [9.17, 15) is 4.79 Å². The zero-order valence-electron chi connectivity index (χ0n) is 12.7. The Balaban J connectivity index is 1.97. The predicted molar refractivity (Wildman–Crippen MR) is 85.3 cm³/mol. The summed E-state index contributed by atoms with van der Waals surface area (Å²) in [6.07, 6.45) is 0.106. The zero-order chi connectivity index (χ0) is 15.2. The first-order valence-corrected chi connectivity index (χ1v) is 7.98. The van der Waals surface area contributed by atoms with Crippen molar-refractivity contribution in [3.63, 3.8) is 0 Å². The van der Waals surface area contributed by atoms with Crippen molar-refractivity contribution in [3.05, 3.63) is 29.8 Å². The summed E-state index contributed by atoms with van der Waals surface area (Å²) >= 11 is 5.75. The van der Waals surface area contributed by atoms with Crippen LogP contribution in [0.25, 0.3) is 0 Å². The summed E-state index contributed by atoms with van der Waals surface area (Å²) in [5.74, 6) is 1.47. The van der Waals surface area contributed by atoms with Crippen LogP contribution >= 0.6 is 11.6 Å². The number of benzene rings is 1.